The van der Waals surface area contributed by atoms with Gasteiger partial charge in [0.15, 0.2) is 0 Å². The highest BCUT2D eigenvalue weighted by Gasteiger charge is 1.99. The van der Waals surface area contributed by atoms with E-state index < -0.39 is 0 Å². The quantitative estimate of drug-likeness (QED) is 0.639. The van der Waals surface area contributed by atoms with Crippen molar-refractivity contribution in [3.05, 3.63) is 45.0 Å². The Morgan fingerprint density at radius 3 is 2.54 bits per heavy atom. The van der Waals surface area contributed by atoms with Crippen molar-refractivity contribution in [2.24, 2.45) is 0 Å². The summed E-state index contributed by atoms with van der Waals surface area (Å²) in [5.74, 6) is 0. The van der Waals surface area contributed by atoms with Crippen molar-refractivity contribution in [2.75, 3.05) is 0 Å². The van der Waals surface area contributed by atoms with E-state index in [-0.39, 0.29) is 0 Å². The molecule has 0 amide bonds. The monoisotopic (exact) mass is 282 g/mol. The van der Waals surface area contributed by atoms with Gasteiger partial charge in [0.05, 0.1) is 0 Å². The molecule has 1 heteroatoms. The van der Waals surface area contributed by atoms with E-state index in [0.717, 1.165) is 0 Å². The Labute approximate surface area is 92.1 Å². The zero-order valence-corrected chi connectivity index (χ0v) is 9.92. The van der Waals surface area contributed by atoms with Crippen LogP contribution < -0.4 is 0 Å². The normalized spacial score (nSPS) is 10.7. The molecule has 2 aromatic rings. The van der Waals surface area contributed by atoms with Gasteiger partial charge in [0.25, 0.3) is 0 Å². The van der Waals surface area contributed by atoms with E-state index in [1.165, 1.54) is 25.5 Å². The lowest BCUT2D eigenvalue weighted by atomic mass is 10.0. The molecule has 0 nitrogen and oxygen atoms in total. The summed E-state index contributed by atoms with van der Waals surface area (Å²) < 4.78 is 1.35. The predicted octanol–water partition coefficient (Wildman–Crippen LogP) is 4.06. The molecule has 13 heavy (non-hydrogen) atoms. The van der Waals surface area contributed by atoms with Crippen molar-refractivity contribution in [2.45, 2.75) is 13.8 Å². The molecule has 0 aliphatic heterocycles. The smallest absolute Gasteiger partial charge is 0.0166 e. The van der Waals surface area contributed by atoms with Crippen molar-refractivity contribution in [1.29, 1.82) is 0 Å². The number of halogens is 1. The van der Waals surface area contributed by atoms with E-state index in [0.29, 0.717) is 0 Å². The van der Waals surface area contributed by atoms with Gasteiger partial charge in [-0.05, 0) is 64.4 Å². The number of rotatable bonds is 0. The lowest BCUT2D eigenvalue weighted by Gasteiger charge is -2.04. The molecule has 2 aromatic carbocycles. The highest BCUT2D eigenvalue weighted by Crippen LogP contribution is 2.23. The first-order chi connectivity index (χ1) is 6.18. The third kappa shape index (κ3) is 1.57. The second-order valence-electron chi connectivity index (χ2n) is 3.40. The average molecular weight is 282 g/mol. The Morgan fingerprint density at radius 2 is 1.77 bits per heavy atom. The summed E-state index contributed by atoms with van der Waals surface area (Å²) in [4.78, 5) is 0. The summed E-state index contributed by atoms with van der Waals surface area (Å²) in [5.41, 5.74) is 2.72. The molecule has 0 atom stereocenters. The van der Waals surface area contributed by atoms with Crippen LogP contribution in [0.5, 0.6) is 0 Å². The maximum atomic E-state index is 2.39. The second-order valence-corrected chi connectivity index (χ2v) is 4.56. The molecule has 0 radical (unpaired) electrons. The van der Waals surface area contributed by atoms with Crippen molar-refractivity contribution in [1.82, 2.24) is 0 Å². The Balaban J connectivity index is 2.89. The molecule has 0 aromatic heterocycles. The van der Waals surface area contributed by atoms with Gasteiger partial charge in [-0.2, -0.15) is 0 Å². The van der Waals surface area contributed by atoms with Gasteiger partial charge in [0.2, 0.25) is 0 Å². The van der Waals surface area contributed by atoms with E-state index in [1.54, 1.807) is 0 Å². The summed E-state index contributed by atoms with van der Waals surface area (Å²) in [6.07, 6.45) is 0. The van der Waals surface area contributed by atoms with Gasteiger partial charge in [-0.25, -0.2) is 0 Å². The molecule has 0 saturated carbocycles. The molecule has 0 aliphatic carbocycles. The summed E-state index contributed by atoms with van der Waals surface area (Å²) in [5, 5.41) is 2.72. The maximum Gasteiger partial charge on any atom is 0.0166 e. The average Bonchev–Trinajstić information content (AvgIpc) is 2.09. The molecule has 0 saturated heterocycles. The Bertz CT molecular complexity index is 458. The summed E-state index contributed by atoms with van der Waals surface area (Å²) in [7, 11) is 0. The third-order valence-corrected chi connectivity index (χ3v) is 3.54. The Morgan fingerprint density at radius 1 is 1.00 bits per heavy atom. The molecule has 66 valence electrons. The highest BCUT2D eigenvalue weighted by atomic mass is 127. The van der Waals surface area contributed by atoms with Gasteiger partial charge < -0.3 is 0 Å². The minimum absolute atomic E-state index is 1.35. The first kappa shape index (κ1) is 9.00. The van der Waals surface area contributed by atoms with E-state index in [2.05, 4.69) is 66.8 Å². The van der Waals surface area contributed by atoms with Crippen LogP contribution >= 0.6 is 22.6 Å². The van der Waals surface area contributed by atoms with Crippen LogP contribution in [-0.2, 0) is 0 Å². The number of hydrogen-bond donors (Lipinski definition) is 0. The summed E-state index contributed by atoms with van der Waals surface area (Å²) in [6, 6.07) is 11.0. The molecule has 0 N–H and O–H groups in total. The molecule has 2 rings (SSSR count). The van der Waals surface area contributed by atoms with Crippen molar-refractivity contribution in [3.8, 4) is 0 Å². The molecular weight excluding hydrogens is 271 g/mol. The van der Waals surface area contributed by atoms with Crippen LogP contribution in [-0.4, -0.2) is 0 Å². The van der Waals surface area contributed by atoms with Gasteiger partial charge in [-0.1, -0.05) is 24.3 Å². The molecule has 0 fully saturated rings. The van der Waals surface area contributed by atoms with Crippen LogP contribution in [0, 0.1) is 17.4 Å². The van der Waals surface area contributed by atoms with E-state index in [4.69, 9.17) is 0 Å². The fraction of sp³-hybridized carbons (Fsp3) is 0.167. The topological polar surface area (TPSA) is 0 Å². The molecule has 0 heterocycles. The summed E-state index contributed by atoms with van der Waals surface area (Å²) in [6.45, 7) is 4.32. The second kappa shape index (κ2) is 3.29. The first-order valence-corrected chi connectivity index (χ1v) is 5.42. The van der Waals surface area contributed by atoms with E-state index >= 15 is 0 Å². The zero-order chi connectivity index (χ0) is 9.42. The fourth-order valence-corrected chi connectivity index (χ4v) is 2.04. The van der Waals surface area contributed by atoms with Crippen LogP contribution in [0.1, 0.15) is 11.1 Å². The van der Waals surface area contributed by atoms with Crippen LogP contribution in [0.2, 0.25) is 0 Å². The first-order valence-electron chi connectivity index (χ1n) is 4.34. The molecule has 0 spiro atoms. The van der Waals surface area contributed by atoms with Crippen molar-refractivity contribution < 1.29 is 0 Å². The van der Waals surface area contributed by atoms with E-state index in [9.17, 15) is 0 Å². The van der Waals surface area contributed by atoms with Gasteiger partial charge in [-0.3, -0.25) is 0 Å². The summed E-state index contributed by atoms with van der Waals surface area (Å²) >= 11 is 2.39. The molecule has 0 aliphatic rings. The van der Waals surface area contributed by atoms with Crippen molar-refractivity contribution in [3.63, 3.8) is 0 Å². The van der Waals surface area contributed by atoms with Gasteiger partial charge in [-0.15, -0.1) is 0 Å². The van der Waals surface area contributed by atoms with Crippen LogP contribution in [0.15, 0.2) is 30.3 Å². The van der Waals surface area contributed by atoms with Crippen LogP contribution in [0.3, 0.4) is 0 Å². The highest BCUT2D eigenvalue weighted by molar-refractivity contribution is 14.1. The molecule has 0 unspecified atom stereocenters. The predicted molar refractivity (Wildman–Crippen MR) is 66.1 cm³/mol. The van der Waals surface area contributed by atoms with Gasteiger partial charge >= 0.3 is 0 Å². The lowest BCUT2D eigenvalue weighted by molar-refractivity contribution is 1.44. The Hall–Kier alpha value is -0.570. The number of benzene rings is 2. The van der Waals surface area contributed by atoms with Crippen LogP contribution in [0.25, 0.3) is 10.8 Å². The van der Waals surface area contributed by atoms with Gasteiger partial charge in [0, 0.05) is 3.57 Å². The van der Waals surface area contributed by atoms with Gasteiger partial charge in [0.1, 0.15) is 0 Å². The van der Waals surface area contributed by atoms with Crippen LogP contribution in [0.4, 0.5) is 0 Å². The maximum absolute atomic E-state index is 2.39. The number of aryl methyl sites for hydroxylation is 2. The minimum Gasteiger partial charge on any atom is -0.0614 e. The number of hydrogen-bond acceptors (Lipinski definition) is 0. The zero-order valence-electron chi connectivity index (χ0n) is 7.76. The van der Waals surface area contributed by atoms with Crippen molar-refractivity contribution >= 4 is 33.4 Å². The van der Waals surface area contributed by atoms with E-state index in [1.807, 2.05) is 0 Å². The fourth-order valence-electron chi connectivity index (χ4n) is 1.57. The minimum atomic E-state index is 1.35. The molecular formula is C12H11I. The third-order valence-electron chi connectivity index (χ3n) is 2.38. The number of fused-ring (bicyclic) bond motifs is 1. The Kier molecular flexibility index (Phi) is 2.28. The standard InChI is InChI=1S/C12H11I/c1-8-4-3-5-10-6-9(2)12(13)7-11(8)10/h3-7H,1-2H3. The largest absolute Gasteiger partial charge is 0.0614 e. The SMILES string of the molecule is Cc1cc2cccc(C)c2cc1I. The molecule has 0 bridgehead atoms. The lowest BCUT2D eigenvalue weighted by Crippen LogP contribution is -1.83.